The Balaban J connectivity index is 2.43. The van der Waals surface area contributed by atoms with E-state index in [1.54, 1.807) is 6.07 Å². The van der Waals surface area contributed by atoms with E-state index in [9.17, 15) is 15.3 Å². The first-order chi connectivity index (χ1) is 11.0. The molecule has 0 bridgehead atoms. The Hall–Kier alpha value is -3.20. The highest BCUT2D eigenvalue weighted by Crippen LogP contribution is 2.38. The SMILES string of the molecule is COc1cc(C#Cc2cc(O)c(OC)c(OC)c2)cc(O)c1O. The van der Waals surface area contributed by atoms with Gasteiger partial charge >= 0.3 is 0 Å². The Labute approximate surface area is 133 Å². The van der Waals surface area contributed by atoms with Crippen LogP contribution < -0.4 is 14.2 Å². The molecule has 23 heavy (non-hydrogen) atoms. The Morgan fingerprint density at radius 1 is 0.696 bits per heavy atom. The van der Waals surface area contributed by atoms with Crippen molar-refractivity contribution < 1.29 is 29.5 Å². The molecule has 0 aliphatic carbocycles. The van der Waals surface area contributed by atoms with E-state index in [2.05, 4.69) is 11.8 Å². The molecule has 0 amide bonds. The lowest BCUT2D eigenvalue weighted by Crippen LogP contribution is -1.92. The van der Waals surface area contributed by atoms with Crippen molar-refractivity contribution in [3.8, 4) is 46.3 Å². The second-order valence-corrected chi connectivity index (χ2v) is 4.53. The summed E-state index contributed by atoms with van der Waals surface area (Å²) in [6.07, 6.45) is 0. The smallest absolute Gasteiger partial charge is 0.203 e. The van der Waals surface area contributed by atoms with Crippen LogP contribution in [0.4, 0.5) is 0 Å². The minimum Gasteiger partial charge on any atom is -0.504 e. The molecule has 0 aliphatic rings. The second kappa shape index (κ2) is 6.71. The van der Waals surface area contributed by atoms with Crippen LogP contribution in [0.25, 0.3) is 0 Å². The number of methoxy groups -OCH3 is 3. The predicted octanol–water partition coefficient (Wildman–Crippen LogP) is 2.23. The van der Waals surface area contributed by atoms with Crippen molar-refractivity contribution in [3.63, 3.8) is 0 Å². The van der Waals surface area contributed by atoms with Crippen molar-refractivity contribution in [2.24, 2.45) is 0 Å². The molecule has 6 nitrogen and oxygen atoms in total. The van der Waals surface area contributed by atoms with Gasteiger partial charge in [0.25, 0.3) is 0 Å². The maximum atomic E-state index is 9.90. The molecular weight excluding hydrogens is 300 g/mol. The van der Waals surface area contributed by atoms with E-state index in [-0.39, 0.29) is 28.7 Å². The van der Waals surface area contributed by atoms with Gasteiger partial charge in [0.15, 0.2) is 23.0 Å². The highest BCUT2D eigenvalue weighted by atomic mass is 16.5. The van der Waals surface area contributed by atoms with Gasteiger partial charge in [0.2, 0.25) is 11.5 Å². The quantitative estimate of drug-likeness (QED) is 0.594. The number of benzene rings is 2. The Morgan fingerprint density at radius 2 is 1.22 bits per heavy atom. The molecule has 2 aromatic rings. The summed E-state index contributed by atoms with van der Waals surface area (Å²) in [5.41, 5.74) is 0.929. The first kappa shape index (κ1) is 16.2. The lowest BCUT2D eigenvalue weighted by Gasteiger charge is -2.09. The van der Waals surface area contributed by atoms with Crippen LogP contribution in [0.3, 0.4) is 0 Å². The fourth-order valence-electron chi connectivity index (χ4n) is 1.98. The topological polar surface area (TPSA) is 88.4 Å². The summed E-state index contributed by atoms with van der Waals surface area (Å²) in [5.74, 6) is 5.56. The molecule has 2 aromatic carbocycles. The fourth-order valence-corrected chi connectivity index (χ4v) is 1.98. The van der Waals surface area contributed by atoms with Crippen molar-refractivity contribution >= 4 is 0 Å². The second-order valence-electron chi connectivity index (χ2n) is 4.53. The summed E-state index contributed by atoms with van der Waals surface area (Å²) < 4.78 is 15.1. The number of hydrogen-bond donors (Lipinski definition) is 3. The van der Waals surface area contributed by atoms with Crippen LogP contribution >= 0.6 is 0 Å². The van der Waals surface area contributed by atoms with Gasteiger partial charge < -0.3 is 29.5 Å². The summed E-state index contributed by atoms with van der Waals surface area (Å²) in [4.78, 5) is 0. The molecule has 120 valence electrons. The average molecular weight is 316 g/mol. The van der Waals surface area contributed by atoms with Gasteiger partial charge in [-0.25, -0.2) is 0 Å². The van der Waals surface area contributed by atoms with Crippen LogP contribution in [-0.4, -0.2) is 36.6 Å². The third-order valence-electron chi connectivity index (χ3n) is 3.09. The maximum Gasteiger partial charge on any atom is 0.203 e. The summed E-state index contributed by atoms with van der Waals surface area (Å²) in [5, 5.41) is 29.1. The zero-order valence-corrected chi connectivity index (χ0v) is 12.9. The van der Waals surface area contributed by atoms with Gasteiger partial charge in [-0.2, -0.15) is 0 Å². The van der Waals surface area contributed by atoms with E-state index in [1.807, 2.05) is 0 Å². The fraction of sp³-hybridized carbons (Fsp3) is 0.176. The Morgan fingerprint density at radius 3 is 1.74 bits per heavy atom. The molecule has 0 unspecified atom stereocenters. The molecule has 0 aliphatic heterocycles. The lowest BCUT2D eigenvalue weighted by molar-refractivity contribution is 0.333. The third-order valence-corrected chi connectivity index (χ3v) is 3.09. The Bertz CT molecular complexity index is 786. The van der Waals surface area contributed by atoms with Crippen LogP contribution in [0, 0.1) is 11.8 Å². The molecule has 0 radical (unpaired) electrons. The van der Waals surface area contributed by atoms with E-state index < -0.39 is 0 Å². The van der Waals surface area contributed by atoms with Crippen molar-refractivity contribution in [3.05, 3.63) is 35.4 Å². The summed E-state index contributed by atoms with van der Waals surface area (Å²) in [7, 11) is 4.25. The zero-order valence-electron chi connectivity index (χ0n) is 12.9. The lowest BCUT2D eigenvalue weighted by atomic mass is 10.1. The normalized spacial score (nSPS) is 9.70. The van der Waals surface area contributed by atoms with Crippen molar-refractivity contribution in [2.75, 3.05) is 21.3 Å². The predicted molar refractivity (Wildman–Crippen MR) is 83.5 cm³/mol. The van der Waals surface area contributed by atoms with E-state index in [1.165, 1.54) is 39.5 Å². The van der Waals surface area contributed by atoms with Gasteiger partial charge in [0, 0.05) is 11.1 Å². The molecule has 0 heterocycles. The van der Waals surface area contributed by atoms with E-state index >= 15 is 0 Å². The van der Waals surface area contributed by atoms with E-state index in [0.29, 0.717) is 16.9 Å². The molecule has 2 rings (SSSR count). The van der Waals surface area contributed by atoms with Crippen LogP contribution in [0.2, 0.25) is 0 Å². The summed E-state index contributed by atoms with van der Waals surface area (Å²) in [6, 6.07) is 5.85. The molecule has 3 N–H and O–H groups in total. The van der Waals surface area contributed by atoms with Gasteiger partial charge in [0.1, 0.15) is 0 Å². The molecule has 0 fully saturated rings. The number of aromatic hydroxyl groups is 3. The van der Waals surface area contributed by atoms with Crippen LogP contribution in [0.15, 0.2) is 24.3 Å². The van der Waals surface area contributed by atoms with Gasteiger partial charge in [-0.1, -0.05) is 11.8 Å². The standard InChI is InChI=1S/C17H16O6/c1-21-14-8-10(6-12(18)16(14)20)4-5-11-7-13(19)17(23-3)15(9-11)22-2/h6-9,18-20H,1-3H3. The van der Waals surface area contributed by atoms with Gasteiger partial charge in [0.05, 0.1) is 21.3 Å². The van der Waals surface area contributed by atoms with Crippen molar-refractivity contribution in [1.29, 1.82) is 0 Å². The highest BCUT2D eigenvalue weighted by Gasteiger charge is 2.11. The number of phenols is 3. The molecular formula is C17H16O6. The van der Waals surface area contributed by atoms with Gasteiger partial charge in [-0.15, -0.1) is 0 Å². The van der Waals surface area contributed by atoms with Crippen LogP contribution in [-0.2, 0) is 0 Å². The summed E-state index contributed by atoms with van der Waals surface area (Å²) in [6.45, 7) is 0. The molecule has 6 heteroatoms. The van der Waals surface area contributed by atoms with Crippen molar-refractivity contribution in [1.82, 2.24) is 0 Å². The first-order valence-electron chi connectivity index (χ1n) is 6.57. The van der Waals surface area contributed by atoms with Crippen LogP contribution in [0.5, 0.6) is 34.5 Å². The number of ether oxygens (including phenoxy) is 3. The zero-order chi connectivity index (χ0) is 17.0. The third kappa shape index (κ3) is 3.35. The number of hydrogen-bond acceptors (Lipinski definition) is 6. The first-order valence-corrected chi connectivity index (χ1v) is 6.57. The largest absolute Gasteiger partial charge is 0.504 e. The average Bonchev–Trinajstić information content (AvgIpc) is 2.55. The molecule has 0 spiro atoms. The van der Waals surface area contributed by atoms with E-state index in [4.69, 9.17) is 14.2 Å². The van der Waals surface area contributed by atoms with Crippen LogP contribution in [0.1, 0.15) is 11.1 Å². The molecule has 0 aromatic heterocycles. The minimum atomic E-state index is -0.346. The Kier molecular flexibility index (Phi) is 4.72. The van der Waals surface area contributed by atoms with Gasteiger partial charge in [-0.05, 0) is 24.3 Å². The van der Waals surface area contributed by atoms with E-state index in [0.717, 1.165) is 0 Å². The maximum absolute atomic E-state index is 9.90. The monoisotopic (exact) mass is 316 g/mol. The van der Waals surface area contributed by atoms with Crippen molar-refractivity contribution in [2.45, 2.75) is 0 Å². The molecule has 0 saturated heterocycles. The van der Waals surface area contributed by atoms with Gasteiger partial charge in [-0.3, -0.25) is 0 Å². The molecule has 0 atom stereocenters. The number of rotatable bonds is 3. The number of phenolic OH excluding ortho intramolecular Hbond substituents is 3. The highest BCUT2D eigenvalue weighted by molar-refractivity contribution is 5.59. The summed E-state index contributed by atoms with van der Waals surface area (Å²) >= 11 is 0. The minimum absolute atomic E-state index is 0.0951. The molecule has 0 saturated carbocycles.